The molecule has 2 rings (SSSR count). The van der Waals surface area contributed by atoms with Gasteiger partial charge in [-0.05, 0) is 6.42 Å². The fourth-order valence-electron chi connectivity index (χ4n) is 1.36. The molecule has 0 aliphatic rings. The summed E-state index contributed by atoms with van der Waals surface area (Å²) in [5.41, 5.74) is 0.0513. The van der Waals surface area contributed by atoms with E-state index in [-0.39, 0.29) is 17.2 Å². The molecule has 6 nitrogen and oxygen atoms in total. The molecule has 0 fully saturated rings. The fraction of sp³-hybridized carbons (Fsp3) is 0.375. The van der Waals surface area contributed by atoms with Gasteiger partial charge in [0.05, 0.1) is 5.56 Å². The minimum atomic E-state index is -0.301. The molecule has 0 bridgehead atoms. The maximum atomic E-state index is 11.4. The topological polar surface area (TPSA) is 83.3 Å². The summed E-state index contributed by atoms with van der Waals surface area (Å²) in [6, 6.07) is 0. The molecule has 2 aromatic rings. The van der Waals surface area contributed by atoms with E-state index in [0.717, 1.165) is 6.42 Å². The number of rotatable bonds is 2. The third-order valence-corrected chi connectivity index (χ3v) is 2.02. The van der Waals surface area contributed by atoms with Crippen molar-refractivity contribution in [2.45, 2.75) is 19.8 Å². The van der Waals surface area contributed by atoms with E-state index in [4.69, 9.17) is 0 Å². The van der Waals surface area contributed by atoms with Crippen LogP contribution < -0.4 is 5.56 Å². The van der Waals surface area contributed by atoms with Crippen LogP contribution in [0.1, 0.15) is 18.9 Å². The summed E-state index contributed by atoms with van der Waals surface area (Å²) in [5, 5.41) is 13.5. The van der Waals surface area contributed by atoms with Gasteiger partial charge in [-0.3, -0.25) is 9.78 Å². The van der Waals surface area contributed by atoms with Crippen LogP contribution in [0.3, 0.4) is 0 Å². The van der Waals surface area contributed by atoms with Crippen molar-refractivity contribution in [3.63, 3.8) is 0 Å². The molecule has 2 heterocycles. The van der Waals surface area contributed by atoms with Gasteiger partial charge in [0.2, 0.25) is 11.7 Å². The number of aromatic nitrogens is 4. The van der Waals surface area contributed by atoms with Crippen LogP contribution in [0.4, 0.5) is 0 Å². The summed E-state index contributed by atoms with van der Waals surface area (Å²) in [7, 11) is 0. The van der Waals surface area contributed by atoms with Crippen molar-refractivity contribution >= 4 is 5.78 Å². The number of nitrogens with zero attached hydrogens (tertiary/aromatic N) is 3. The highest BCUT2D eigenvalue weighted by molar-refractivity contribution is 5.34. The monoisotopic (exact) mass is 194 g/mol. The van der Waals surface area contributed by atoms with Gasteiger partial charge < -0.3 is 5.11 Å². The summed E-state index contributed by atoms with van der Waals surface area (Å²) >= 11 is 0. The van der Waals surface area contributed by atoms with Crippen molar-refractivity contribution in [1.82, 2.24) is 19.6 Å². The molecular weight excluding hydrogens is 184 g/mol. The lowest BCUT2D eigenvalue weighted by molar-refractivity contribution is 0.425. The average molecular weight is 194 g/mol. The lowest BCUT2D eigenvalue weighted by atomic mass is 10.2. The van der Waals surface area contributed by atoms with E-state index in [1.54, 1.807) is 0 Å². The van der Waals surface area contributed by atoms with Gasteiger partial charge in [0.1, 0.15) is 6.33 Å². The Morgan fingerprint density at radius 3 is 3.14 bits per heavy atom. The quantitative estimate of drug-likeness (QED) is 0.708. The summed E-state index contributed by atoms with van der Waals surface area (Å²) in [6.45, 7) is 1.93. The third kappa shape index (κ3) is 1.15. The Bertz CT molecular complexity index is 514. The Balaban J connectivity index is 2.75. The minimum Gasteiger partial charge on any atom is -0.493 e. The molecule has 0 aromatic carbocycles. The van der Waals surface area contributed by atoms with E-state index in [0.29, 0.717) is 12.0 Å². The van der Waals surface area contributed by atoms with Crippen molar-refractivity contribution in [2.75, 3.05) is 0 Å². The molecule has 0 aliphatic carbocycles. The largest absolute Gasteiger partial charge is 0.493 e. The van der Waals surface area contributed by atoms with Crippen LogP contribution in [0.15, 0.2) is 11.1 Å². The van der Waals surface area contributed by atoms with E-state index >= 15 is 0 Å². The van der Waals surface area contributed by atoms with Gasteiger partial charge in [-0.1, -0.05) is 13.3 Å². The SMILES string of the molecule is CCCc1c(O)n2ncnc2[nH]c1=O. The molecule has 0 radical (unpaired) electrons. The van der Waals surface area contributed by atoms with Crippen LogP contribution in [0.2, 0.25) is 0 Å². The number of hydrogen-bond donors (Lipinski definition) is 2. The first kappa shape index (κ1) is 8.74. The zero-order valence-corrected chi connectivity index (χ0v) is 7.69. The maximum absolute atomic E-state index is 11.4. The molecule has 0 unspecified atom stereocenters. The number of nitrogens with one attached hydrogen (secondary N) is 1. The zero-order valence-electron chi connectivity index (χ0n) is 7.69. The van der Waals surface area contributed by atoms with Gasteiger partial charge in [0.25, 0.3) is 5.56 Å². The molecule has 0 atom stereocenters. The molecule has 0 amide bonds. The molecule has 6 heteroatoms. The number of H-pyrrole nitrogens is 1. The first-order valence-corrected chi connectivity index (χ1v) is 4.38. The molecular formula is C8H10N4O2. The van der Waals surface area contributed by atoms with E-state index in [9.17, 15) is 9.90 Å². The number of aromatic hydroxyl groups is 1. The zero-order chi connectivity index (χ0) is 10.1. The number of aromatic amines is 1. The Morgan fingerprint density at radius 2 is 2.43 bits per heavy atom. The van der Waals surface area contributed by atoms with Crippen molar-refractivity contribution in [3.8, 4) is 5.88 Å². The highest BCUT2D eigenvalue weighted by atomic mass is 16.3. The molecule has 0 aliphatic heterocycles. The predicted molar refractivity (Wildman–Crippen MR) is 49.3 cm³/mol. The minimum absolute atomic E-state index is 0.122. The summed E-state index contributed by atoms with van der Waals surface area (Å²) in [5.74, 6) is 0.135. The lowest BCUT2D eigenvalue weighted by Crippen LogP contribution is -2.15. The van der Waals surface area contributed by atoms with Crippen LogP contribution in [0.25, 0.3) is 5.78 Å². The van der Waals surface area contributed by atoms with Crippen molar-refractivity contribution in [3.05, 3.63) is 22.2 Å². The van der Waals surface area contributed by atoms with Crippen LogP contribution in [0, 0.1) is 0 Å². The van der Waals surface area contributed by atoms with E-state index < -0.39 is 0 Å². The number of hydrogen-bond acceptors (Lipinski definition) is 4. The highest BCUT2D eigenvalue weighted by Gasteiger charge is 2.11. The third-order valence-electron chi connectivity index (χ3n) is 2.02. The second-order valence-corrected chi connectivity index (χ2v) is 3.00. The molecule has 0 saturated carbocycles. The Kier molecular flexibility index (Phi) is 1.95. The second kappa shape index (κ2) is 3.13. The van der Waals surface area contributed by atoms with Gasteiger partial charge in [-0.2, -0.15) is 14.6 Å². The molecule has 2 aromatic heterocycles. The highest BCUT2D eigenvalue weighted by Crippen LogP contribution is 2.13. The van der Waals surface area contributed by atoms with E-state index in [2.05, 4.69) is 15.1 Å². The van der Waals surface area contributed by atoms with E-state index in [1.807, 2.05) is 6.92 Å². The van der Waals surface area contributed by atoms with Gasteiger partial charge in [0, 0.05) is 0 Å². The summed E-state index contributed by atoms with van der Waals surface area (Å²) in [4.78, 5) is 17.8. The van der Waals surface area contributed by atoms with Crippen molar-refractivity contribution in [2.24, 2.45) is 0 Å². The van der Waals surface area contributed by atoms with Crippen molar-refractivity contribution < 1.29 is 5.11 Å². The molecule has 14 heavy (non-hydrogen) atoms. The van der Waals surface area contributed by atoms with Gasteiger partial charge in [0.15, 0.2) is 0 Å². The molecule has 74 valence electrons. The van der Waals surface area contributed by atoms with Crippen LogP contribution >= 0.6 is 0 Å². The summed E-state index contributed by atoms with van der Waals surface area (Å²) < 4.78 is 1.21. The standard InChI is InChI=1S/C8H10N4O2/c1-2-3-5-6(13)11-8-9-4-10-12(8)7(5)14/h4,14H,2-3H2,1H3,(H,9,10,11,13). The Morgan fingerprint density at radius 1 is 1.64 bits per heavy atom. The smallest absolute Gasteiger partial charge is 0.259 e. The molecule has 0 saturated heterocycles. The lowest BCUT2D eigenvalue weighted by Gasteiger charge is -2.02. The fourth-order valence-corrected chi connectivity index (χ4v) is 1.36. The normalized spacial score (nSPS) is 10.9. The van der Waals surface area contributed by atoms with Crippen molar-refractivity contribution in [1.29, 1.82) is 0 Å². The van der Waals surface area contributed by atoms with Gasteiger partial charge in [-0.25, -0.2) is 0 Å². The Labute approximate surface area is 79.2 Å². The molecule has 2 N–H and O–H groups in total. The van der Waals surface area contributed by atoms with Gasteiger partial charge >= 0.3 is 0 Å². The first-order valence-electron chi connectivity index (χ1n) is 4.38. The first-order chi connectivity index (χ1) is 6.74. The maximum Gasteiger partial charge on any atom is 0.259 e. The second-order valence-electron chi connectivity index (χ2n) is 3.00. The average Bonchev–Trinajstić information content (AvgIpc) is 2.60. The number of fused-ring (bicyclic) bond motifs is 1. The summed E-state index contributed by atoms with van der Waals surface area (Å²) in [6.07, 6.45) is 2.59. The van der Waals surface area contributed by atoms with Crippen LogP contribution in [-0.2, 0) is 6.42 Å². The Hall–Kier alpha value is -1.85. The van der Waals surface area contributed by atoms with Gasteiger partial charge in [-0.15, -0.1) is 0 Å². The van der Waals surface area contributed by atoms with Crippen LogP contribution in [-0.4, -0.2) is 24.7 Å². The predicted octanol–water partition coefficient (Wildman–Crippen LogP) is 0.0757. The van der Waals surface area contributed by atoms with E-state index in [1.165, 1.54) is 10.8 Å². The molecule has 0 spiro atoms. The van der Waals surface area contributed by atoms with Crippen LogP contribution in [0.5, 0.6) is 5.88 Å².